The van der Waals surface area contributed by atoms with E-state index in [1.165, 1.54) is 6.07 Å². The largest absolute Gasteiger partial charge is 0.311 e. The summed E-state index contributed by atoms with van der Waals surface area (Å²) in [6, 6.07) is -14.1. The fourth-order valence-electron chi connectivity index (χ4n) is 6.64. The minimum Gasteiger partial charge on any atom is -0.311 e. The normalized spacial score (nSPS) is 18.2. The summed E-state index contributed by atoms with van der Waals surface area (Å²) in [5.74, 6) is -0.711. The maximum Gasteiger partial charge on any atom is 0.160 e. The molecule has 9 aromatic carbocycles. The zero-order valence-electron chi connectivity index (χ0n) is 60.9. The van der Waals surface area contributed by atoms with Gasteiger partial charge in [-0.2, -0.15) is 0 Å². The predicted octanol–water partition coefficient (Wildman–Crippen LogP) is 15.1. The lowest BCUT2D eigenvalue weighted by molar-refractivity contribution is 1.18. The summed E-state index contributed by atoms with van der Waals surface area (Å²) in [7, 11) is 0. The fourth-order valence-corrected chi connectivity index (χ4v) is 6.64. The van der Waals surface area contributed by atoms with E-state index < -0.39 is 243 Å². The SMILES string of the molecule is [2H]c1cc([2H])c(-c2nc3ccccc3c3c2c([2H])c([2H])c2c([2H])c(-c4nc(-c5c([2H])c([2H])c([2H])c([2H])c5[2H])c([2H])c(-c5c([2H])c([2H])c([2H])c([2H])c5[2H])n4)c([2H])cc23)c([2H])c1-c1ccc(N(c2c([2H])c([2H])c([2H])c([2H])c2[2H])c2c([2H])c([2H])c([2H])c([2H])c2[2H])c([2H])c1[2H]. The standard InChI is InChI=1S/C57H38N4/c1-5-16-40(17-6-1)53-38-54(41-18-7-2-8-19-41)60-57(59-53)45-31-34-49-43(37-45)30-35-51-55(49)50-26-13-14-27-52(50)58-56(51)44-21-15-20-42(36-44)39-28-32-48(33-29-39)61(46-22-9-3-10-23-46)47-24-11-4-12-25-47/h1-38H/i1D,2D,3D,4D,5D,6D,7D,8D,9D,10D,11D,12D,16D,17D,18D,19D,20D,21D,22D,23D,24D,25D,28D,30D,31D,32D,35D,36D,37D,38D. The van der Waals surface area contributed by atoms with Crippen molar-refractivity contribution in [3.63, 3.8) is 0 Å². The van der Waals surface area contributed by atoms with Crippen molar-refractivity contribution >= 4 is 49.5 Å². The first-order chi connectivity index (χ1) is 42.7. The Bertz CT molecular complexity index is 4880. The van der Waals surface area contributed by atoms with Gasteiger partial charge in [-0.05, 0) is 82.4 Å². The van der Waals surface area contributed by atoms with Gasteiger partial charge in [-0.15, -0.1) is 0 Å². The van der Waals surface area contributed by atoms with E-state index in [1.54, 1.807) is 18.2 Å². The Hall–Kier alpha value is -8.21. The molecule has 0 fully saturated rings. The molecule has 286 valence electrons. The maximum absolute atomic E-state index is 9.83. The van der Waals surface area contributed by atoms with Crippen LogP contribution in [0.1, 0.15) is 41.1 Å². The summed E-state index contributed by atoms with van der Waals surface area (Å²) in [6.45, 7) is 0. The van der Waals surface area contributed by atoms with E-state index in [-0.39, 0.29) is 43.7 Å². The van der Waals surface area contributed by atoms with Crippen LogP contribution >= 0.6 is 0 Å². The van der Waals surface area contributed by atoms with Crippen LogP contribution in [0.25, 0.3) is 88.7 Å². The van der Waals surface area contributed by atoms with Crippen molar-refractivity contribution in [3.8, 4) is 56.3 Å². The fraction of sp³-hybridized carbons (Fsp3) is 0. The summed E-state index contributed by atoms with van der Waals surface area (Å²) >= 11 is 0. The third kappa shape index (κ3) is 6.86. The third-order valence-corrected chi connectivity index (χ3v) is 9.31. The van der Waals surface area contributed by atoms with Crippen molar-refractivity contribution in [2.45, 2.75) is 0 Å². The van der Waals surface area contributed by atoms with Crippen LogP contribution in [-0.2, 0) is 0 Å². The van der Waals surface area contributed by atoms with E-state index >= 15 is 0 Å². The molecule has 0 aliphatic rings. The predicted molar refractivity (Wildman–Crippen MR) is 254 cm³/mol. The van der Waals surface area contributed by atoms with Gasteiger partial charge in [-0.3, -0.25) is 0 Å². The number of fused-ring (bicyclic) bond motifs is 5. The Morgan fingerprint density at radius 3 is 1.69 bits per heavy atom. The average molecular weight is 809 g/mol. The highest BCUT2D eigenvalue weighted by Crippen LogP contribution is 2.40. The molecule has 0 atom stereocenters. The molecule has 0 aliphatic heterocycles. The molecule has 11 rings (SSSR count). The average Bonchev–Trinajstić information content (AvgIpc) is 0.715. The van der Waals surface area contributed by atoms with Gasteiger partial charge in [-0.1, -0.05) is 169 Å². The lowest BCUT2D eigenvalue weighted by atomic mass is 9.93. The molecule has 4 heteroatoms. The van der Waals surface area contributed by atoms with E-state index in [1.807, 2.05) is 0 Å². The molecule has 0 unspecified atom stereocenters. The Morgan fingerprint density at radius 1 is 0.361 bits per heavy atom. The molecule has 0 N–H and O–H groups in total. The molecule has 2 heterocycles. The van der Waals surface area contributed by atoms with Gasteiger partial charge in [0.05, 0.1) is 63.7 Å². The summed E-state index contributed by atoms with van der Waals surface area (Å²) in [5.41, 5.74) is -6.87. The monoisotopic (exact) mass is 808 g/mol. The van der Waals surface area contributed by atoms with Crippen LogP contribution in [0, 0.1) is 0 Å². The molecule has 0 spiro atoms. The van der Waals surface area contributed by atoms with Gasteiger partial charge in [0.25, 0.3) is 0 Å². The van der Waals surface area contributed by atoms with Crippen LogP contribution in [0.2, 0.25) is 0 Å². The second-order valence-electron chi connectivity index (χ2n) is 12.9. The smallest absolute Gasteiger partial charge is 0.160 e. The van der Waals surface area contributed by atoms with Gasteiger partial charge in [-0.25, -0.2) is 15.0 Å². The number of pyridine rings is 1. The van der Waals surface area contributed by atoms with Crippen LogP contribution < -0.4 is 4.90 Å². The molecule has 0 amide bonds. The van der Waals surface area contributed by atoms with E-state index in [2.05, 4.69) is 9.97 Å². The number of benzene rings is 9. The molecule has 0 saturated heterocycles. The van der Waals surface area contributed by atoms with E-state index in [0.717, 1.165) is 24.3 Å². The van der Waals surface area contributed by atoms with Crippen LogP contribution in [0.3, 0.4) is 0 Å². The minimum atomic E-state index is -0.919. The molecule has 0 saturated carbocycles. The molecule has 0 radical (unpaired) electrons. The van der Waals surface area contributed by atoms with Crippen molar-refractivity contribution < 1.29 is 41.1 Å². The summed E-state index contributed by atoms with van der Waals surface area (Å²) in [4.78, 5) is 14.3. The van der Waals surface area contributed by atoms with Gasteiger partial charge >= 0.3 is 0 Å². The zero-order chi connectivity index (χ0) is 66.6. The van der Waals surface area contributed by atoms with Crippen molar-refractivity contribution in [1.29, 1.82) is 0 Å². The van der Waals surface area contributed by atoms with Crippen LogP contribution in [0.15, 0.2) is 230 Å². The van der Waals surface area contributed by atoms with Crippen molar-refractivity contribution in [1.82, 2.24) is 15.0 Å². The molecule has 2 aromatic heterocycles. The van der Waals surface area contributed by atoms with Crippen molar-refractivity contribution in [3.05, 3.63) is 230 Å². The van der Waals surface area contributed by atoms with Gasteiger partial charge in [0.1, 0.15) is 0 Å². The first kappa shape index (κ1) is 16.4. The summed E-state index contributed by atoms with van der Waals surface area (Å²) < 4.78 is 266. The molecule has 4 nitrogen and oxygen atoms in total. The maximum atomic E-state index is 9.83. The van der Waals surface area contributed by atoms with Crippen LogP contribution in [0.5, 0.6) is 0 Å². The Kier molecular flexibility index (Phi) is 4.18. The number of para-hydroxylation sites is 3. The molecule has 61 heavy (non-hydrogen) atoms. The first-order valence-corrected chi connectivity index (χ1v) is 18.2. The second kappa shape index (κ2) is 15.5. The van der Waals surface area contributed by atoms with Gasteiger partial charge < -0.3 is 4.90 Å². The van der Waals surface area contributed by atoms with Gasteiger partial charge in [0.15, 0.2) is 5.82 Å². The summed E-state index contributed by atoms with van der Waals surface area (Å²) in [5, 5.41) is -0.396. The van der Waals surface area contributed by atoms with E-state index in [0.29, 0.717) is 4.90 Å². The highest BCUT2D eigenvalue weighted by atomic mass is 15.1. The summed E-state index contributed by atoms with van der Waals surface area (Å²) in [6.07, 6.45) is 0. The van der Waals surface area contributed by atoms with Crippen molar-refractivity contribution in [2.75, 3.05) is 4.90 Å². The lowest BCUT2D eigenvalue weighted by Crippen LogP contribution is -2.09. The number of hydrogen-bond acceptors (Lipinski definition) is 4. The van der Waals surface area contributed by atoms with E-state index in [9.17, 15) is 13.7 Å². The number of anilines is 3. The van der Waals surface area contributed by atoms with Crippen LogP contribution in [-0.4, -0.2) is 15.0 Å². The molecule has 11 aromatic rings. The zero-order valence-corrected chi connectivity index (χ0v) is 30.9. The van der Waals surface area contributed by atoms with E-state index in [4.69, 9.17) is 32.4 Å². The lowest BCUT2D eigenvalue weighted by Gasteiger charge is -2.25. The molecule has 0 aliphatic carbocycles. The Balaban J connectivity index is 1.17. The Labute approximate surface area is 396 Å². The topological polar surface area (TPSA) is 41.9 Å². The molecular weight excluding hydrogens is 741 g/mol. The third-order valence-electron chi connectivity index (χ3n) is 9.31. The number of aromatic nitrogens is 3. The highest BCUT2D eigenvalue weighted by molar-refractivity contribution is 6.22. The second-order valence-corrected chi connectivity index (χ2v) is 12.9. The number of hydrogen-bond donors (Lipinski definition) is 0. The molecule has 0 bridgehead atoms. The van der Waals surface area contributed by atoms with Crippen LogP contribution in [0.4, 0.5) is 17.1 Å². The minimum absolute atomic E-state index is 0.0295. The number of rotatable bonds is 8. The highest BCUT2D eigenvalue weighted by Gasteiger charge is 2.17. The molecular formula is C57H38N4. The Morgan fingerprint density at radius 2 is 1.00 bits per heavy atom. The number of nitrogens with zero attached hydrogens (tertiary/aromatic N) is 4. The quantitative estimate of drug-likeness (QED) is 0.143. The van der Waals surface area contributed by atoms with Gasteiger partial charge in [0, 0.05) is 55.5 Å². The van der Waals surface area contributed by atoms with Gasteiger partial charge in [0.2, 0.25) is 0 Å². The first-order valence-electron chi connectivity index (χ1n) is 33.2. The van der Waals surface area contributed by atoms with Crippen molar-refractivity contribution in [2.24, 2.45) is 0 Å².